The van der Waals surface area contributed by atoms with Crippen molar-refractivity contribution in [2.75, 3.05) is 43.5 Å². The Kier molecular flexibility index (Phi) is 7.64. The molecule has 9 heteroatoms. The third-order valence-electron chi connectivity index (χ3n) is 3.55. The van der Waals surface area contributed by atoms with Crippen molar-refractivity contribution in [2.24, 2.45) is 0 Å². The number of aliphatic hydroxyl groups is 1. The van der Waals surface area contributed by atoms with Crippen molar-refractivity contribution >= 4 is 44.4 Å². The van der Waals surface area contributed by atoms with Crippen LogP contribution < -0.4 is 10.6 Å². The van der Waals surface area contributed by atoms with E-state index in [9.17, 15) is 0 Å². The summed E-state index contributed by atoms with van der Waals surface area (Å²) in [6.07, 6.45) is 0. The van der Waals surface area contributed by atoms with Gasteiger partial charge in [-0.1, -0.05) is 53.4 Å². The van der Waals surface area contributed by atoms with Crippen molar-refractivity contribution in [3.8, 4) is 0 Å². The van der Waals surface area contributed by atoms with Crippen LogP contribution in [-0.4, -0.2) is 53.0 Å². The van der Waals surface area contributed by atoms with Gasteiger partial charge in [-0.15, -0.1) is 0 Å². The quantitative estimate of drug-likeness (QED) is 0.254. The average Bonchev–Trinajstić information content (AvgIpc) is 3.10. The number of aromatic nitrogens is 3. The summed E-state index contributed by atoms with van der Waals surface area (Å²) in [4.78, 5) is 13.9. The monoisotopic (exact) mass is 405 g/mol. The lowest BCUT2D eigenvalue weighted by atomic mass is 10.2. The van der Waals surface area contributed by atoms with Crippen molar-refractivity contribution in [3.63, 3.8) is 0 Å². The molecule has 7 nitrogen and oxygen atoms in total. The summed E-state index contributed by atoms with van der Waals surface area (Å²) < 4.78 is 6.20. The van der Waals surface area contributed by atoms with Crippen LogP contribution in [0.15, 0.2) is 35.5 Å². The molecule has 0 amide bonds. The minimum Gasteiger partial charge on any atom is -0.394 e. The Bertz CT molecular complexity index is 844. The third-order valence-corrected chi connectivity index (χ3v) is 5.47. The maximum atomic E-state index is 8.72. The van der Waals surface area contributed by atoms with Gasteiger partial charge in [-0.2, -0.15) is 4.98 Å². The topological polar surface area (TPSA) is 92.2 Å². The van der Waals surface area contributed by atoms with Crippen molar-refractivity contribution in [3.05, 3.63) is 35.9 Å². The van der Waals surface area contributed by atoms with Crippen LogP contribution in [0.25, 0.3) is 10.3 Å². The first-order valence-corrected chi connectivity index (χ1v) is 10.6. The van der Waals surface area contributed by atoms with Gasteiger partial charge < -0.3 is 20.5 Å². The van der Waals surface area contributed by atoms with Gasteiger partial charge in [-0.25, -0.2) is 9.97 Å². The fourth-order valence-corrected chi connectivity index (χ4v) is 4.04. The first-order chi connectivity index (χ1) is 13.3. The molecule has 3 rings (SSSR count). The molecular weight excluding hydrogens is 382 g/mol. The van der Waals surface area contributed by atoms with Gasteiger partial charge in [-0.05, 0) is 12.5 Å². The van der Waals surface area contributed by atoms with E-state index in [1.807, 2.05) is 25.1 Å². The summed E-state index contributed by atoms with van der Waals surface area (Å²) in [6, 6.07) is 10.3. The van der Waals surface area contributed by atoms with Gasteiger partial charge in [0.2, 0.25) is 0 Å². The number of rotatable bonds is 11. The van der Waals surface area contributed by atoms with E-state index in [2.05, 4.69) is 37.7 Å². The Morgan fingerprint density at radius 3 is 2.74 bits per heavy atom. The molecule has 1 aromatic carbocycles. The van der Waals surface area contributed by atoms with E-state index >= 15 is 0 Å². The summed E-state index contributed by atoms with van der Waals surface area (Å²) in [5.74, 6) is 1.63. The van der Waals surface area contributed by atoms with E-state index in [1.54, 1.807) is 11.8 Å². The highest BCUT2D eigenvalue weighted by atomic mass is 32.2. The Morgan fingerprint density at radius 1 is 1.11 bits per heavy atom. The SMILES string of the molecule is CCNc1nc(SCc2ccccc2)nc2nc(NCCOCCO)sc12. The second-order valence-electron chi connectivity index (χ2n) is 5.59. The maximum absolute atomic E-state index is 8.72. The molecule has 0 spiro atoms. The zero-order chi connectivity index (χ0) is 18.9. The number of thiazole rings is 1. The van der Waals surface area contributed by atoms with Gasteiger partial charge in [0.15, 0.2) is 15.9 Å². The molecule has 0 radical (unpaired) electrons. The minimum atomic E-state index is 0.0339. The Labute approximate surface area is 166 Å². The molecule has 3 N–H and O–H groups in total. The van der Waals surface area contributed by atoms with Gasteiger partial charge in [-0.3, -0.25) is 0 Å². The van der Waals surface area contributed by atoms with Crippen molar-refractivity contribution in [1.29, 1.82) is 0 Å². The molecule has 0 aliphatic rings. The van der Waals surface area contributed by atoms with Crippen LogP contribution in [-0.2, 0) is 10.5 Å². The van der Waals surface area contributed by atoms with Crippen LogP contribution >= 0.6 is 23.1 Å². The molecule has 0 bridgehead atoms. The van der Waals surface area contributed by atoms with E-state index in [0.29, 0.717) is 30.6 Å². The highest BCUT2D eigenvalue weighted by Gasteiger charge is 2.13. The highest BCUT2D eigenvalue weighted by Crippen LogP contribution is 2.32. The number of anilines is 2. The van der Waals surface area contributed by atoms with E-state index in [-0.39, 0.29) is 6.61 Å². The van der Waals surface area contributed by atoms with Crippen molar-refractivity contribution in [1.82, 2.24) is 15.0 Å². The molecule has 2 aromatic heterocycles. The largest absolute Gasteiger partial charge is 0.394 e. The van der Waals surface area contributed by atoms with Crippen LogP contribution in [0.4, 0.5) is 10.9 Å². The van der Waals surface area contributed by atoms with Gasteiger partial charge in [0.1, 0.15) is 10.5 Å². The number of ether oxygens (including phenoxy) is 1. The normalized spacial score (nSPS) is 11.0. The van der Waals surface area contributed by atoms with Crippen LogP contribution in [0.1, 0.15) is 12.5 Å². The average molecular weight is 406 g/mol. The van der Waals surface area contributed by atoms with Crippen molar-refractivity contribution in [2.45, 2.75) is 17.8 Å². The van der Waals surface area contributed by atoms with E-state index in [1.165, 1.54) is 16.9 Å². The second kappa shape index (κ2) is 10.4. The first-order valence-electron chi connectivity index (χ1n) is 8.81. The number of hydrogen-bond donors (Lipinski definition) is 3. The van der Waals surface area contributed by atoms with Crippen LogP contribution in [0, 0.1) is 0 Å². The predicted octanol–water partition coefficient (Wildman–Crippen LogP) is 3.23. The van der Waals surface area contributed by atoms with Crippen LogP contribution in [0.2, 0.25) is 0 Å². The second-order valence-corrected chi connectivity index (χ2v) is 7.54. The maximum Gasteiger partial charge on any atom is 0.191 e. The number of thioether (sulfide) groups is 1. The lowest BCUT2D eigenvalue weighted by Crippen LogP contribution is -2.11. The first kappa shape index (κ1) is 19.8. The number of fused-ring (bicyclic) bond motifs is 1. The van der Waals surface area contributed by atoms with Crippen molar-refractivity contribution < 1.29 is 9.84 Å². The Hall–Kier alpha value is -1.94. The van der Waals surface area contributed by atoms with E-state index < -0.39 is 0 Å². The molecule has 2 heterocycles. The highest BCUT2D eigenvalue weighted by molar-refractivity contribution is 7.98. The standard InChI is InChI=1S/C18H23N5O2S2/c1-2-19-15-14-16(22-17(27-14)20-8-10-25-11-9-24)23-18(21-15)26-12-13-6-4-3-5-7-13/h3-7,24H,2,8-12H2,1H3,(H2,19,20,21,22,23). The molecular formula is C18H23N5O2S2. The Morgan fingerprint density at radius 2 is 1.96 bits per heavy atom. The lowest BCUT2D eigenvalue weighted by Gasteiger charge is -2.06. The molecule has 0 fully saturated rings. The third kappa shape index (κ3) is 5.77. The fraction of sp³-hybridized carbons (Fsp3) is 0.389. The Balaban J connectivity index is 1.71. The number of nitrogens with one attached hydrogen (secondary N) is 2. The predicted molar refractivity (Wildman–Crippen MR) is 112 cm³/mol. The summed E-state index contributed by atoms with van der Waals surface area (Å²) in [7, 11) is 0. The molecule has 0 saturated heterocycles. The van der Waals surface area contributed by atoms with E-state index in [0.717, 1.165) is 27.9 Å². The smallest absolute Gasteiger partial charge is 0.191 e. The zero-order valence-electron chi connectivity index (χ0n) is 15.1. The van der Waals surface area contributed by atoms with Gasteiger partial charge in [0, 0.05) is 18.8 Å². The number of aliphatic hydroxyl groups excluding tert-OH is 1. The van der Waals surface area contributed by atoms with Gasteiger partial charge in [0.05, 0.1) is 19.8 Å². The van der Waals surface area contributed by atoms with Crippen LogP contribution in [0.5, 0.6) is 0 Å². The van der Waals surface area contributed by atoms with Gasteiger partial charge >= 0.3 is 0 Å². The number of benzene rings is 1. The number of nitrogens with zero attached hydrogens (tertiary/aromatic N) is 3. The lowest BCUT2D eigenvalue weighted by molar-refractivity contribution is 0.0992. The molecule has 3 aromatic rings. The summed E-state index contributed by atoms with van der Waals surface area (Å²) >= 11 is 3.13. The molecule has 0 aliphatic heterocycles. The van der Waals surface area contributed by atoms with Crippen LogP contribution in [0.3, 0.4) is 0 Å². The van der Waals surface area contributed by atoms with Gasteiger partial charge in [0.25, 0.3) is 0 Å². The molecule has 0 aliphatic carbocycles. The molecule has 27 heavy (non-hydrogen) atoms. The number of hydrogen-bond acceptors (Lipinski definition) is 9. The summed E-state index contributed by atoms with van der Waals surface area (Å²) in [6.45, 7) is 4.35. The summed E-state index contributed by atoms with van der Waals surface area (Å²) in [5.41, 5.74) is 1.93. The molecule has 0 atom stereocenters. The zero-order valence-corrected chi connectivity index (χ0v) is 16.8. The molecule has 0 unspecified atom stereocenters. The fourth-order valence-electron chi connectivity index (χ4n) is 2.35. The molecule has 0 saturated carbocycles. The summed E-state index contributed by atoms with van der Waals surface area (Å²) in [5, 5.41) is 16.8. The minimum absolute atomic E-state index is 0.0339. The molecule has 144 valence electrons. The van der Waals surface area contributed by atoms with E-state index in [4.69, 9.17) is 9.84 Å².